The van der Waals surface area contributed by atoms with E-state index >= 15 is 0 Å². The Morgan fingerprint density at radius 2 is 2.06 bits per heavy atom. The van der Waals surface area contributed by atoms with E-state index in [9.17, 15) is 4.79 Å². The maximum absolute atomic E-state index is 12.0. The van der Waals surface area contributed by atoms with Gasteiger partial charge in [0.05, 0.1) is 10.9 Å². The molecule has 0 bridgehead atoms. The molecular weight excluding hydrogens is 381 g/mol. The Morgan fingerprint density at radius 1 is 1.39 bits per heavy atom. The van der Waals surface area contributed by atoms with Crippen molar-refractivity contribution in [2.45, 2.75) is 25.6 Å². The van der Waals surface area contributed by atoms with Gasteiger partial charge < -0.3 is 5.32 Å². The standard InChI is InChI=1S/C13H16Br2ClNO/c1-8(2)5-10(16)7-17-13(18)11-6-9(14)3-4-12(11)15/h3-4,6,8,10H,5,7H2,1-2H3,(H,17,18). The number of carbonyl (C=O) groups is 1. The molecule has 0 aliphatic carbocycles. The molecule has 18 heavy (non-hydrogen) atoms. The van der Waals surface area contributed by atoms with Crippen LogP contribution < -0.4 is 5.32 Å². The Labute approximate surface area is 130 Å². The summed E-state index contributed by atoms with van der Waals surface area (Å²) in [7, 11) is 0. The van der Waals surface area contributed by atoms with Crippen molar-refractivity contribution >= 4 is 49.4 Å². The van der Waals surface area contributed by atoms with Crippen LogP contribution in [0.1, 0.15) is 30.6 Å². The first kappa shape index (κ1) is 16.0. The van der Waals surface area contributed by atoms with E-state index < -0.39 is 0 Å². The topological polar surface area (TPSA) is 29.1 Å². The van der Waals surface area contributed by atoms with Gasteiger partial charge in [0.1, 0.15) is 0 Å². The molecular formula is C13H16Br2ClNO. The van der Waals surface area contributed by atoms with Crippen molar-refractivity contribution in [3.8, 4) is 0 Å². The fourth-order valence-corrected chi connectivity index (χ4v) is 2.79. The molecule has 1 unspecified atom stereocenters. The van der Waals surface area contributed by atoms with E-state index in [1.54, 1.807) is 6.07 Å². The highest BCUT2D eigenvalue weighted by molar-refractivity contribution is 9.11. The monoisotopic (exact) mass is 395 g/mol. The Kier molecular flexibility index (Phi) is 6.67. The van der Waals surface area contributed by atoms with E-state index in [0.717, 1.165) is 15.4 Å². The molecule has 0 heterocycles. The first-order valence-electron chi connectivity index (χ1n) is 5.77. The zero-order chi connectivity index (χ0) is 13.7. The Hall–Kier alpha value is -0.0600. The van der Waals surface area contributed by atoms with Gasteiger partial charge in [-0.3, -0.25) is 4.79 Å². The highest BCUT2D eigenvalue weighted by atomic mass is 79.9. The normalized spacial score (nSPS) is 12.6. The Morgan fingerprint density at radius 3 is 2.67 bits per heavy atom. The maximum atomic E-state index is 12.0. The van der Waals surface area contributed by atoms with Gasteiger partial charge in [-0.25, -0.2) is 0 Å². The summed E-state index contributed by atoms with van der Waals surface area (Å²) in [6.07, 6.45) is 0.890. The lowest BCUT2D eigenvalue weighted by Gasteiger charge is -2.13. The van der Waals surface area contributed by atoms with Crippen molar-refractivity contribution in [1.82, 2.24) is 5.32 Å². The van der Waals surface area contributed by atoms with Crippen LogP contribution in [-0.4, -0.2) is 17.8 Å². The van der Waals surface area contributed by atoms with Crippen LogP contribution in [-0.2, 0) is 0 Å². The van der Waals surface area contributed by atoms with Crippen molar-refractivity contribution in [2.75, 3.05) is 6.54 Å². The molecule has 0 fully saturated rings. The molecule has 0 saturated carbocycles. The zero-order valence-corrected chi connectivity index (χ0v) is 14.3. The molecule has 0 spiro atoms. The van der Waals surface area contributed by atoms with Gasteiger partial charge in [-0.05, 0) is 46.5 Å². The minimum Gasteiger partial charge on any atom is -0.351 e. The summed E-state index contributed by atoms with van der Waals surface area (Å²) in [4.78, 5) is 12.0. The lowest BCUT2D eigenvalue weighted by atomic mass is 10.1. The molecule has 1 N–H and O–H groups in total. The van der Waals surface area contributed by atoms with Crippen LogP contribution >= 0.6 is 43.5 Å². The fraction of sp³-hybridized carbons (Fsp3) is 0.462. The minimum absolute atomic E-state index is 0.0279. The molecule has 0 saturated heterocycles. The van der Waals surface area contributed by atoms with Gasteiger partial charge in [-0.15, -0.1) is 11.6 Å². The first-order valence-corrected chi connectivity index (χ1v) is 7.79. The minimum atomic E-state index is -0.113. The third kappa shape index (κ3) is 5.29. The van der Waals surface area contributed by atoms with Gasteiger partial charge in [-0.2, -0.15) is 0 Å². The third-order valence-electron chi connectivity index (χ3n) is 2.38. The molecule has 0 aliphatic heterocycles. The highest BCUT2D eigenvalue weighted by Crippen LogP contribution is 2.21. The molecule has 1 rings (SSSR count). The van der Waals surface area contributed by atoms with E-state index in [2.05, 4.69) is 51.0 Å². The zero-order valence-electron chi connectivity index (χ0n) is 10.3. The predicted molar refractivity (Wildman–Crippen MR) is 83.3 cm³/mol. The van der Waals surface area contributed by atoms with Gasteiger partial charge in [0.15, 0.2) is 0 Å². The molecule has 0 aliphatic rings. The molecule has 0 radical (unpaired) electrons. The largest absolute Gasteiger partial charge is 0.351 e. The average Bonchev–Trinajstić information content (AvgIpc) is 2.28. The second-order valence-corrected chi connectivity index (χ2v) is 6.95. The van der Waals surface area contributed by atoms with Crippen molar-refractivity contribution in [3.05, 3.63) is 32.7 Å². The Balaban J connectivity index is 2.58. The summed E-state index contributed by atoms with van der Waals surface area (Å²) in [5, 5.41) is 2.82. The number of nitrogens with one attached hydrogen (secondary N) is 1. The number of benzene rings is 1. The van der Waals surface area contributed by atoms with Crippen LogP contribution in [0.5, 0.6) is 0 Å². The quantitative estimate of drug-likeness (QED) is 0.723. The second kappa shape index (κ2) is 7.51. The van der Waals surface area contributed by atoms with Gasteiger partial charge in [0.25, 0.3) is 5.91 Å². The SMILES string of the molecule is CC(C)CC(Cl)CNC(=O)c1cc(Br)ccc1Br. The van der Waals surface area contributed by atoms with Crippen LogP contribution in [0.15, 0.2) is 27.1 Å². The smallest absolute Gasteiger partial charge is 0.252 e. The number of alkyl halides is 1. The summed E-state index contributed by atoms with van der Waals surface area (Å²) in [5.74, 6) is 0.416. The highest BCUT2D eigenvalue weighted by Gasteiger charge is 2.13. The summed E-state index contributed by atoms with van der Waals surface area (Å²) < 4.78 is 1.65. The molecule has 2 nitrogen and oxygen atoms in total. The molecule has 100 valence electrons. The van der Waals surface area contributed by atoms with Crippen LogP contribution in [0, 0.1) is 5.92 Å². The lowest BCUT2D eigenvalue weighted by molar-refractivity contribution is 0.0952. The Bertz CT molecular complexity index is 423. The second-order valence-electron chi connectivity index (χ2n) is 4.56. The van der Waals surface area contributed by atoms with Crippen LogP contribution in [0.25, 0.3) is 0 Å². The molecule has 0 aromatic heterocycles. The third-order valence-corrected chi connectivity index (χ3v) is 3.90. The van der Waals surface area contributed by atoms with Crippen LogP contribution in [0.3, 0.4) is 0 Å². The molecule has 1 aromatic carbocycles. The van der Waals surface area contributed by atoms with E-state index in [1.807, 2.05) is 12.1 Å². The van der Waals surface area contributed by atoms with E-state index in [4.69, 9.17) is 11.6 Å². The first-order chi connectivity index (χ1) is 8.40. The fourth-order valence-electron chi connectivity index (χ4n) is 1.57. The van der Waals surface area contributed by atoms with Crippen molar-refractivity contribution in [1.29, 1.82) is 0 Å². The van der Waals surface area contributed by atoms with Gasteiger partial charge in [0.2, 0.25) is 0 Å². The lowest BCUT2D eigenvalue weighted by Crippen LogP contribution is -2.30. The summed E-state index contributed by atoms with van der Waals surface area (Å²) in [6, 6.07) is 5.50. The van der Waals surface area contributed by atoms with Gasteiger partial charge in [-0.1, -0.05) is 29.8 Å². The van der Waals surface area contributed by atoms with E-state index in [-0.39, 0.29) is 11.3 Å². The number of amides is 1. The van der Waals surface area contributed by atoms with Crippen molar-refractivity contribution in [3.63, 3.8) is 0 Å². The molecule has 1 aromatic rings. The molecule has 5 heteroatoms. The van der Waals surface area contributed by atoms with Crippen LogP contribution in [0.4, 0.5) is 0 Å². The summed E-state index contributed by atoms with van der Waals surface area (Å²) >= 11 is 12.9. The number of carbonyl (C=O) groups excluding carboxylic acids is 1. The number of hydrogen-bond donors (Lipinski definition) is 1. The van der Waals surface area contributed by atoms with Gasteiger partial charge in [0, 0.05) is 15.5 Å². The van der Waals surface area contributed by atoms with Gasteiger partial charge >= 0.3 is 0 Å². The number of rotatable bonds is 5. The molecule has 1 amide bonds. The maximum Gasteiger partial charge on any atom is 0.252 e. The van der Waals surface area contributed by atoms with Crippen molar-refractivity contribution in [2.24, 2.45) is 5.92 Å². The van der Waals surface area contributed by atoms with Crippen LogP contribution in [0.2, 0.25) is 0 Å². The number of hydrogen-bond acceptors (Lipinski definition) is 1. The molecule has 1 atom stereocenters. The summed E-state index contributed by atoms with van der Waals surface area (Å²) in [6.45, 7) is 4.71. The van der Waals surface area contributed by atoms with Crippen molar-refractivity contribution < 1.29 is 4.79 Å². The predicted octanol–water partition coefficient (Wildman–Crippen LogP) is 4.59. The number of halogens is 3. The van der Waals surface area contributed by atoms with E-state index in [1.165, 1.54) is 0 Å². The average molecular weight is 398 g/mol. The van der Waals surface area contributed by atoms with E-state index in [0.29, 0.717) is 18.0 Å². The summed E-state index contributed by atoms with van der Waals surface area (Å²) in [5.41, 5.74) is 0.609.